The lowest BCUT2D eigenvalue weighted by Gasteiger charge is -2.45. The molecule has 1 saturated heterocycles. The molecule has 5 rings (SSSR count). The van der Waals surface area contributed by atoms with Crippen LogP contribution in [0.5, 0.6) is 5.88 Å². The van der Waals surface area contributed by atoms with Crippen LogP contribution < -0.4 is 4.74 Å². The number of ether oxygens (including phenoxy) is 1. The minimum absolute atomic E-state index is 0.0794. The van der Waals surface area contributed by atoms with Gasteiger partial charge in [0, 0.05) is 36.0 Å². The standard InChI is InChI=1S/C24H23F3N4O2/c1-12-7-14(11-28-23(12)33-3)24(32)31-15-5-4-6-19(31)21-16(10-15)22(30(2)29-21)13-8-17(25)20(27)18(26)9-13/h7-9,11,15,19H,4-6,10H2,1-3H3/t15-,19+/m1/s1. The van der Waals surface area contributed by atoms with Gasteiger partial charge in [-0.15, -0.1) is 0 Å². The fraction of sp³-hybridized carbons (Fsp3) is 0.375. The minimum Gasteiger partial charge on any atom is -0.481 e. The van der Waals surface area contributed by atoms with Crippen molar-refractivity contribution >= 4 is 5.91 Å². The summed E-state index contributed by atoms with van der Waals surface area (Å²) in [6.45, 7) is 1.84. The van der Waals surface area contributed by atoms with Gasteiger partial charge >= 0.3 is 0 Å². The van der Waals surface area contributed by atoms with Crippen LogP contribution >= 0.6 is 0 Å². The lowest BCUT2D eigenvalue weighted by atomic mass is 9.81. The lowest BCUT2D eigenvalue weighted by molar-refractivity contribution is 0.0391. The second-order valence-corrected chi connectivity index (χ2v) is 8.66. The Balaban J connectivity index is 1.57. The second-order valence-electron chi connectivity index (χ2n) is 8.66. The van der Waals surface area contributed by atoms with Crippen molar-refractivity contribution in [3.05, 3.63) is 64.2 Å². The molecule has 1 amide bonds. The van der Waals surface area contributed by atoms with E-state index in [4.69, 9.17) is 4.74 Å². The predicted octanol–water partition coefficient (Wildman–Crippen LogP) is 4.51. The Labute approximate surface area is 189 Å². The number of carbonyl (C=O) groups excluding carboxylic acids is 1. The third-order valence-corrected chi connectivity index (χ3v) is 6.64. The van der Waals surface area contributed by atoms with Gasteiger partial charge in [0.2, 0.25) is 5.88 Å². The smallest absolute Gasteiger partial charge is 0.256 e. The van der Waals surface area contributed by atoms with Gasteiger partial charge in [0.15, 0.2) is 17.5 Å². The zero-order chi connectivity index (χ0) is 23.4. The van der Waals surface area contributed by atoms with Crippen molar-refractivity contribution in [2.75, 3.05) is 7.11 Å². The fourth-order valence-electron chi connectivity index (χ4n) is 5.24. The average Bonchev–Trinajstić information content (AvgIpc) is 3.11. The van der Waals surface area contributed by atoms with Crippen molar-refractivity contribution in [3.63, 3.8) is 0 Å². The molecule has 3 aromatic rings. The molecule has 0 saturated carbocycles. The van der Waals surface area contributed by atoms with Crippen molar-refractivity contribution in [3.8, 4) is 17.1 Å². The molecule has 2 atom stereocenters. The monoisotopic (exact) mass is 456 g/mol. The van der Waals surface area contributed by atoms with E-state index in [0.29, 0.717) is 23.6 Å². The summed E-state index contributed by atoms with van der Waals surface area (Å²) in [5.41, 5.74) is 3.61. The first-order chi connectivity index (χ1) is 15.8. The maximum absolute atomic E-state index is 14.0. The Morgan fingerprint density at radius 3 is 2.55 bits per heavy atom. The fourth-order valence-corrected chi connectivity index (χ4v) is 5.24. The van der Waals surface area contributed by atoms with Gasteiger partial charge in [0.1, 0.15) is 0 Å². The number of carbonyl (C=O) groups is 1. The number of fused-ring (bicyclic) bond motifs is 4. The molecule has 2 aliphatic heterocycles. The number of hydrogen-bond donors (Lipinski definition) is 0. The number of hydrogen-bond acceptors (Lipinski definition) is 4. The van der Waals surface area contributed by atoms with Crippen LogP contribution in [0.15, 0.2) is 24.4 Å². The number of nitrogens with zero attached hydrogens (tertiary/aromatic N) is 4. The molecule has 4 heterocycles. The molecule has 9 heteroatoms. The SMILES string of the molecule is COc1ncc(C(=O)N2[C@@H]3CCC[C@H]2c2nn(C)c(-c4cc(F)c(F)c(F)c4)c2C3)cc1C. The quantitative estimate of drug-likeness (QED) is 0.545. The molecule has 2 bridgehead atoms. The highest BCUT2D eigenvalue weighted by atomic mass is 19.2. The van der Waals surface area contributed by atoms with Crippen molar-refractivity contribution in [2.45, 2.75) is 44.7 Å². The zero-order valence-corrected chi connectivity index (χ0v) is 18.5. The Bertz CT molecular complexity index is 1250. The van der Waals surface area contributed by atoms with E-state index in [1.165, 1.54) is 13.3 Å². The maximum atomic E-state index is 14.0. The number of amides is 1. The van der Waals surface area contributed by atoms with Crippen molar-refractivity contribution in [2.24, 2.45) is 7.05 Å². The van der Waals surface area contributed by atoms with Crippen LogP contribution in [0, 0.1) is 24.4 Å². The molecule has 2 aromatic heterocycles. The van der Waals surface area contributed by atoms with Gasteiger partial charge in [0.05, 0.1) is 30.1 Å². The van der Waals surface area contributed by atoms with E-state index >= 15 is 0 Å². The molecule has 0 radical (unpaired) electrons. The van der Waals surface area contributed by atoms with E-state index in [0.717, 1.165) is 48.2 Å². The summed E-state index contributed by atoms with van der Waals surface area (Å²) in [6, 6.07) is 3.43. The average molecular weight is 456 g/mol. The molecule has 172 valence electrons. The second kappa shape index (κ2) is 7.90. The number of pyridine rings is 1. The third kappa shape index (κ3) is 3.37. The first-order valence-corrected chi connectivity index (χ1v) is 10.8. The highest BCUT2D eigenvalue weighted by Gasteiger charge is 2.43. The number of piperidine rings is 1. The van der Waals surface area contributed by atoms with E-state index in [9.17, 15) is 18.0 Å². The molecule has 0 aliphatic carbocycles. The summed E-state index contributed by atoms with van der Waals surface area (Å²) >= 11 is 0. The molecule has 0 spiro atoms. The highest BCUT2D eigenvalue weighted by molar-refractivity contribution is 5.95. The molecule has 0 unspecified atom stereocenters. The number of aromatic nitrogens is 3. The van der Waals surface area contributed by atoms with Crippen LogP contribution in [0.25, 0.3) is 11.3 Å². The van der Waals surface area contributed by atoms with E-state index < -0.39 is 17.5 Å². The normalized spacial score (nSPS) is 19.4. The van der Waals surface area contributed by atoms with Crippen LogP contribution in [0.1, 0.15) is 52.5 Å². The van der Waals surface area contributed by atoms with Gasteiger partial charge in [-0.3, -0.25) is 9.48 Å². The molecular formula is C24H23F3N4O2. The zero-order valence-electron chi connectivity index (χ0n) is 18.5. The van der Waals surface area contributed by atoms with Crippen LogP contribution in [-0.4, -0.2) is 38.7 Å². The Hall–Kier alpha value is -3.36. The van der Waals surface area contributed by atoms with Crippen LogP contribution in [0.2, 0.25) is 0 Å². The Kier molecular flexibility index (Phi) is 5.14. The predicted molar refractivity (Wildman–Crippen MR) is 114 cm³/mol. The van der Waals surface area contributed by atoms with Gasteiger partial charge < -0.3 is 9.64 Å². The van der Waals surface area contributed by atoms with E-state index in [-0.39, 0.29) is 23.6 Å². The van der Waals surface area contributed by atoms with Gasteiger partial charge in [0.25, 0.3) is 5.91 Å². The highest BCUT2D eigenvalue weighted by Crippen LogP contribution is 2.45. The van der Waals surface area contributed by atoms with E-state index in [2.05, 4.69) is 10.1 Å². The van der Waals surface area contributed by atoms with Crippen molar-refractivity contribution in [1.29, 1.82) is 0 Å². The van der Waals surface area contributed by atoms with Crippen molar-refractivity contribution in [1.82, 2.24) is 19.7 Å². The van der Waals surface area contributed by atoms with Gasteiger partial charge in [-0.05, 0) is 50.8 Å². The maximum Gasteiger partial charge on any atom is 0.256 e. The summed E-state index contributed by atoms with van der Waals surface area (Å²) < 4.78 is 48.2. The molecule has 33 heavy (non-hydrogen) atoms. The Morgan fingerprint density at radius 1 is 1.15 bits per heavy atom. The van der Waals surface area contributed by atoms with Gasteiger partial charge in [-0.25, -0.2) is 18.2 Å². The van der Waals surface area contributed by atoms with Crippen molar-refractivity contribution < 1.29 is 22.7 Å². The first kappa shape index (κ1) is 21.5. The molecule has 1 fully saturated rings. The largest absolute Gasteiger partial charge is 0.481 e. The third-order valence-electron chi connectivity index (χ3n) is 6.64. The van der Waals surface area contributed by atoms with E-state index in [1.807, 2.05) is 11.8 Å². The molecule has 1 aromatic carbocycles. The molecule has 2 aliphatic rings. The van der Waals surface area contributed by atoms with Gasteiger partial charge in [-0.2, -0.15) is 5.10 Å². The van der Waals surface area contributed by atoms with Crippen LogP contribution in [0.4, 0.5) is 13.2 Å². The minimum atomic E-state index is -1.49. The summed E-state index contributed by atoms with van der Waals surface area (Å²) in [4.78, 5) is 19.6. The van der Waals surface area contributed by atoms with Crippen LogP contribution in [0.3, 0.4) is 0 Å². The lowest BCUT2D eigenvalue weighted by Crippen LogP contribution is -2.49. The number of benzene rings is 1. The molecule has 0 N–H and O–H groups in total. The number of halogens is 3. The number of rotatable bonds is 3. The Morgan fingerprint density at radius 2 is 1.88 bits per heavy atom. The summed E-state index contributed by atoms with van der Waals surface area (Å²) in [5, 5.41) is 4.65. The molecular weight excluding hydrogens is 433 g/mol. The topological polar surface area (TPSA) is 60.2 Å². The summed E-state index contributed by atoms with van der Waals surface area (Å²) in [5.74, 6) is -3.63. The summed E-state index contributed by atoms with van der Waals surface area (Å²) in [6.07, 6.45) is 4.52. The number of methoxy groups -OCH3 is 1. The summed E-state index contributed by atoms with van der Waals surface area (Å²) in [7, 11) is 3.23. The molecule has 6 nitrogen and oxygen atoms in total. The van der Waals surface area contributed by atoms with E-state index in [1.54, 1.807) is 17.8 Å². The van der Waals surface area contributed by atoms with Gasteiger partial charge in [-0.1, -0.05) is 0 Å². The first-order valence-electron chi connectivity index (χ1n) is 10.8. The number of aryl methyl sites for hydroxylation is 2. The van der Waals surface area contributed by atoms with Crippen LogP contribution in [-0.2, 0) is 13.5 Å².